The van der Waals surface area contributed by atoms with Crippen LogP contribution in [0.4, 0.5) is 13.2 Å². The van der Waals surface area contributed by atoms with Gasteiger partial charge in [0.15, 0.2) is 0 Å². The number of hydrogen-bond donors (Lipinski definition) is 0. The van der Waals surface area contributed by atoms with Crippen LogP contribution in [-0.2, 0) is 9.47 Å². The second-order valence-electron chi connectivity index (χ2n) is 9.06. The molecule has 0 aromatic heterocycles. The van der Waals surface area contributed by atoms with Crippen molar-refractivity contribution < 1.29 is 22.6 Å². The van der Waals surface area contributed by atoms with E-state index in [1.807, 2.05) is 0 Å². The highest BCUT2D eigenvalue weighted by molar-refractivity contribution is 4.63. The minimum atomic E-state index is -3.97. The molecule has 0 amide bonds. The third kappa shape index (κ3) is 19.7. The second-order valence-corrected chi connectivity index (χ2v) is 9.06. The summed E-state index contributed by atoms with van der Waals surface area (Å²) >= 11 is 0. The van der Waals surface area contributed by atoms with Crippen molar-refractivity contribution in [2.45, 2.75) is 141 Å². The zero-order chi connectivity index (χ0) is 21.8. The fraction of sp³-hybridized carbons (Fsp3) is 1.00. The molecule has 2 nitrogen and oxygen atoms in total. The van der Waals surface area contributed by atoms with Crippen LogP contribution in [0, 0.1) is 0 Å². The molecule has 1 rings (SSSR count). The second kappa shape index (κ2) is 19.4. The third-order valence-corrected chi connectivity index (χ3v) is 6.11. The van der Waals surface area contributed by atoms with Gasteiger partial charge in [-0.3, -0.25) is 0 Å². The lowest BCUT2D eigenvalue weighted by Gasteiger charge is -2.09. The zero-order valence-corrected chi connectivity index (χ0v) is 19.3. The van der Waals surface area contributed by atoms with Crippen molar-refractivity contribution in [3.8, 4) is 0 Å². The van der Waals surface area contributed by atoms with Crippen LogP contribution >= 0.6 is 0 Å². The number of ether oxygens (including phenoxy) is 2. The maximum Gasteiger partial charge on any atom is 0.389 e. The molecule has 1 saturated heterocycles. The molecule has 1 aliphatic heterocycles. The SMILES string of the molecule is FC(F)(F)CCCCCCCCCCCCCCCCCCOCCC1CCCO1. The Morgan fingerprint density at radius 2 is 1.10 bits per heavy atom. The number of halogens is 3. The molecule has 180 valence electrons. The van der Waals surface area contributed by atoms with Gasteiger partial charge in [0.1, 0.15) is 0 Å². The van der Waals surface area contributed by atoms with Crippen LogP contribution in [0.3, 0.4) is 0 Å². The molecule has 0 spiro atoms. The van der Waals surface area contributed by atoms with Gasteiger partial charge >= 0.3 is 6.18 Å². The first kappa shape index (κ1) is 27.7. The van der Waals surface area contributed by atoms with Gasteiger partial charge in [-0.15, -0.1) is 0 Å². The third-order valence-electron chi connectivity index (χ3n) is 6.11. The lowest BCUT2D eigenvalue weighted by atomic mass is 10.0. The van der Waals surface area contributed by atoms with Gasteiger partial charge in [0, 0.05) is 26.2 Å². The number of unbranched alkanes of at least 4 members (excludes halogenated alkanes) is 15. The van der Waals surface area contributed by atoms with Crippen molar-refractivity contribution in [2.75, 3.05) is 19.8 Å². The van der Waals surface area contributed by atoms with Crippen LogP contribution in [0.25, 0.3) is 0 Å². The Balaban J connectivity index is 1.63. The Morgan fingerprint density at radius 1 is 0.633 bits per heavy atom. The quantitative estimate of drug-likeness (QED) is 0.167. The van der Waals surface area contributed by atoms with Gasteiger partial charge in [0.2, 0.25) is 0 Å². The maximum absolute atomic E-state index is 12.0. The minimum Gasteiger partial charge on any atom is -0.381 e. The first-order chi connectivity index (χ1) is 14.6. The lowest BCUT2D eigenvalue weighted by Crippen LogP contribution is -2.09. The molecule has 0 saturated carbocycles. The van der Waals surface area contributed by atoms with Gasteiger partial charge in [-0.2, -0.15) is 13.2 Å². The molecule has 1 aliphatic rings. The van der Waals surface area contributed by atoms with E-state index in [9.17, 15) is 13.2 Å². The summed E-state index contributed by atoms with van der Waals surface area (Å²) in [6.45, 7) is 2.69. The van der Waals surface area contributed by atoms with E-state index in [0.29, 0.717) is 12.5 Å². The summed E-state index contributed by atoms with van der Waals surface area (Å²) < 4.78 is 47.4. The highest BCUT2D eigenvalue weighted by Gasteiger charge is 2.25. The Morgan fingerprint density at radius 3 is 1.53 bits per heavy atom. The summed E-state index contributed by atoms with van der Waals surface area (Å²) in [5.74, 6) is 0. The Hall–Kier alpha value is -0.290. The summed E-state index contributed by atoms with van der Waals surface area (Å²) in [6.07, 6.45) is 18.0. The van der Waals surface area contributed by atoms with Crippen LogP contribution in [0.1, 0.15) is 128 Å². The molecule has 1 atom stereocenters. The molecule has 0 aliphatic carbocycles. The molecule has 1 unspecified atom stereocenters. The predicted molar refractivity (Wildman–Crippen MR) is 119 cm³/mol. The van der Waals surface area contributed by atoms with Gasteiger partial charge in [-0.1, -0.05) is 89.9 Å². The summed E-state index contributed by atoms with van der Waals surface area (Å²) in [6, 6.07) is 0. The topological polar surface area (TPSA) is 18.5 Å². The highest BCUT2D eigenvalue weighted by Crippen LogP contribution is 2.23. The molecule has 30 heavy (non-hydrogen) atoms. The van der Waals surface area contributed by atoms with Gasteiger partial charge in [0.05, 0.1) is 6.10 Å². The van der Waals surface area contributed by atoms with E-state index in [2.05, 4.69) is 0 Å². The summed E-state index contributed by atoms with van der Waals surface area (Å²) in [5, 5.41) is 0. The summed E-state index contributed by atoms with van der Waals surface area (Å²) in [7, 11) is 0. The standard InChI is InChI=1S/C25H47F3O2/c26-25(27,28)20-15-13-11-9-7-5-3-1-2-4-6-8-10-12-14-16-21-29-23-19-24-18-17-22-30-24/h24H,1-23H2. The van der Waals surface area contributed by atoms with Gasteiger partial charge in [-0.25, -0.2) is 0 Å². The maximum atomic E-state index is 12.0. The number of rotatable bonds is 21. The van der Waals surface area contributed by atoms with E-state index in [1.165, 1.54) is 89.9 Å². The fourth-order valence-corrected chi connectivity index (χ4v) is 4.19. The minimum absolute atomic E-state index is 0.299. The van der Waals surface area contributed by atoms with E-state index < -0.39 is 12.6 Å². The average molecular weight is 437 g/mol. The highest BCUT2D eigenvalue weighted by atomic mass is 19.4. The largest absolute Gasteiger partial charge is 0.389 e. The van der Waals surface area contributed by atoms with Gasteiger partial charge in [0.25, 0.3) is 0 Å². The van der Waals surface area contributed by atoms with E-state index in [-0.39, 0.29) is 0 Å². The fourth-order valence-electron chi connectivity index (χ4n) is 4.19. The smallest absolute Gasteiger partial charge is 0.381 e. The first-order valence-electron chi connectivity index (χ1n) is 12.8. The lowest BCUT2D eigenvalue weighted by molar-refractivity contribution is -0.135. The van der Waals surface area contributed by atoms with Crippen LogP contribution < -0.4 is 0 Å². The van der Waals surface area contributed by atoms with Crippen LogP contribution in [0.15, 0.2) is 0 Å². The number of alkyl halides is 3. The Labute approximate surface area is 183 Å². The van der Waals surface area contributed by atoms with Crippen molar-refractivity contribution in [2.24, 2.45) is 0 Å². The van der Waals surface area contributed by atoms with Crippen LogP contribution in [0.5, 0.6) is 0 Å². The van der Waals surface area contributed by atoms with Crippen molar-refractivity contribution in [3.05, 3.63) is 0 Å². The van der Waals surface area contributed by atoms with Crippen molar-refractivity contribution in [3.63, 3.8) is 0 Å². The molecule has 0 N–H and O–H groups in total. The van der Waals surface area contributed by atoms with E-state index in [1.54, 1.807) is 0 Å². The monoisotopic (exact) mass is 436 g/mol. The molecule has 0 aromatic carbocycles. The van der Waals surface area contributed by atoms with Crippen molar-refractivity contribution >= 4 is 0 Å². The first-order valence-corrected chi connectivity index (χ1v) is 12.8. The Bertz CT molecular complexity index is 355. The molecular weight excluding hydrogens is 389 g/mol. The molecule has 0 aromatic rings. The molecule has 5 heteroatoms. The molecular formula is C25H47F3O2. The molecule has 0 radical (unpaired) electrons. The van der Waals surface area contributed by atoms with Crippen molar-refractivity contribution in [1.82, 2.24) is 0 Å². The van der Waals surface area contributed by atoms with Crippen LogP contribution in [0.2, 0.25) is 0 Å². The van der Waals surface area contributed by atoms with Gasteiger partial charge < -0.3 is 9.47 Å². The van der Waals surface area contributed by atoms with E-state index in [4.69, 9.17) is 9.47 Å². The molecule has 0 bridgehead atoms. The molecule has 1 fully saturated rings. The van der Waals surface area contributed by atoms with Crippen LogP contribution in [-0.4, -0.2) is 32.1 Å². The normalized spacial score (nSPS) is 17.1. The van der Waals surface area contributed by atoms with Crippen molar-refractivity contribution in [1.29, 1.82) is 0 Å². The van der Waals surface area contributed by atoms with Gasteiger partial charge in [-0.05, 0) is 32.1 Å². The Kier molecular flexibility index (Phi) is 17.9. The summed E-state index contributed by atoms with van der Waals surface area (Å²) in [4.78, 5) is 0. The number of hydrogen-bond acceptors (Lipinski definition) is 2. The van der Waals surface area contributed by atoms with E-state index >= 15 is 0 Å². The predicted octanol–water partition coefficient (Wildman–Crippen LogP) is 8.77. The zero-order valence-electron chi connectivity index (χ0n) is 19.3. The average Bonchev–Trinajstić information content (AvgIpc) is 3.22. The van der Waals surface area contributed by atoms with E-state index in [0.717, 1.165) is 45.5 Å². The summed E-state index contributed by atoms with van der Waals surface area (Å²) in [5.41, 5.74) is 0. The molecule has 1 heterocycles.